The molecule has 0 unspecified atom stereocenters. The van der Waals surface area contributed by atoms with E-state index >= 15 is 0 Å². The second kappa shape index (κ2) is 13.2. The number of hydrogen-bond donors (Lipinski definition) is 3. The number of nitrogens with zero attached hydrogens (tertiary/aromatic N) is 3. The van der Waals surface area contributed by atoms with Gasteiger partial charge >= 0.3 is 0 Å². The van der Waals surface area contributed by atoms with Crippen molar-refractivity contribution in [1.82, 2.24) is 20.2 Å². The molecule has 0 aliphatic carbocycles. The molecule has 194 valence electrons. The Labute approximate surface area is 224 Å². The van der Waals surface area contributed by atoms with E-state index in [2.05, 4.69) is 44.5 Å². The molecule has 2 heterocycles. The molecule has 1 aliphatic rings. The van der Waals surface area contributed by atoms with Crippen LogP contribution in [0.1, 0.15) is 25.3 Å². The van der Waals surface area contributed by atoms with Crippen LogP contribution in [0.5, 0.6) is 0 Å². The monoisotopic (exact) mass is 518 g/mol. The summed E-state index contributed by atoms with van der Waals surface area (Å²) in [7, 11) is 0. The number of likely N-dealkylation sites (tertiary alicyclic amines) is 1. The van der Waals surface area contributed by atoms with Gasteiger partial charge in [0.1, 0.15) is 11.6 Å². The van der Waals surface area contributed by atoms with Crippen LogP contribution in [0.4, 0.5) is 11.6 Å². The Morgan fingerprint density at radius 1 is 1.03 bits per heavy atom. The maximum absolute atomic E-state index is 11.2. The average molecular weight is 519 g/mol. The smallest absolute Gasteiger partial charge is 0.216 e. The van der Waals surface area contributed by atoms with E-state index in [1.54, 1.807) is 0 Å². The molecule has 1 fully saturated rings. The van der Waals surface area contributed by atoms with Crippen molar-refractivity contribution >= 4 is 29.1 Å². The highest BCUT2D eigenvalue weighted by atomic mass is 35.5. The van der Waals surface area contributed by atoms with Crippen LogP contribution in [0.2, 0.25) is 5.02 Å². The molecule has 1 aromatic heterocycles. The first-order valence-electron chi connectivity index (χ1n) is 12.8. The molecule has 1 aliphatic heterocycles. The summed E-state index contributed by atoms with van der Waals surface area (Å²) in [6, 6.07) is 20.0. The fourth-order valence-electron chi connectivity index (χ4n) is 4.54. The number of rotatable bonds is 11. The van der Waals surface area contributed by atoms with Gasteiger partial charge < -0.3 is 16.0 Å². The van der Waals surface area contributed by atoms with Crippen LogP contribution in [0, 0.1) is 5.92 Å². The summed E-state index contributed by atoms with van der Waals surface area (Å²) < 4.78 is 0. The molecule has 0 spiro atoms. The Balaban J connectivity index is 1.33. The summed E-state index contributed by atoms with van der Waals surface area (Å²) in [6.45, 7) is 9.73. The van der Waals surface area contributed by atoms with Crippen LogP contribution in [0.3, 0.4) is 0 Å². The summed E-state index contributed by atoms with van der Waals surface area (Å²) >= 11 is 6.02. The molecule has 7 nitrogen and oxygen atoms in total. The fraction of sp³-hybridized carbons (Fsp3) is 0.345. The van der Waals surface area contributed by atoms with Crippen molar-refractivity contribution in [1.29, 1.82) is 0 Å². The largest absolute Gasteiger partial charge is 0.368 e. The van der Waals surface area contributed by atoms with E-state index in [-0.39, 0.29) is 5.91 Å². The number of carbonyl (C=O) groups excluding carboxylic acids is 1. The Kier molecular flexibility index (Phi) is 9.52. The highest BCUT2D eigenvalue weighted by Crippen LogP contribution is 2.24. The van der Waals surface area contributed by atoms with Crippen LogP contribution in [0.25, 0.3) is 11.4 Å². The number of nitrogens with one attached hydrogen (secondary N) is 3. The quantitative estimate of drug-likeness (QED) is 0.302. The maximum Gasteiger partial charge on any atom is 0.216 e. The summed E-state index contributed by atoms with van der Waals surface area (Å²) in [4.78, 5) is 23.0. The van der Waals surface area contributed by atoms with E-state index in [1.807, 2.05) is 48.5 Å². The van der Waals surface area contributed by atoms with Gasteiger partial charge in [-0.2, -0.15) is 0 Å². The lowest BCUT2D eigenvalue weighted by molar-refractivity contribution is -0.118. The Morgan fingerprint density at radius 2 is 1.73 bits per heavy atom. The zero-order chi connectivity index (χ0) is 26.0. The number of benzene rings is 2. The number of hydrogen-bond acceptors (Lipinski definition) is 6. The minimum absolute atomic E-state index is 0.0536. The molecule has 4 rings (SSSR count). The fourth-order valence-corrected chi connectivity index (χ4v) is 4.67. The van der Waals surface area contributed by atoms with Gasteiger partial charge in [-0.25, -0.2) is 9.97 Å². The van der Waals surface area contributed by atoms with Crippen molar-refractivity contribution in [3.8, 4) is 11.4 Å². The Morgan fingerprint density at radius 3 is 2.43 bits per heavy atom. The molecule has 0 bridgehead atoms. The molecule has 1 saturated heterocycles. The topological polar surface area (TPSA) is 82.2 Å². The van der Waals surface area contributed by atoms with Gasteiger partial charge in [0.15, 0.2) is 5.82 Å². The third-order valence-corrected chi connectivity index (χ3v) is 6.68. The molecule has 8 heteroatoms. The van der Waals surface area contributed by atoms with E-state index in [1.165, 1.54) is 25.3 Å². The molecule has 2 aromatic carbocycles. The summed E-state index contributed by atoms with van der Waals surface area (Å²) in [5, 5.41) is 10.3. The SMILES string of the molecule is C=C(CN1CCC(Cc2ccc(Cl)cc2)CC1)Nc1cc(NCCNC(C)=O)nc(-c2ccccc2)n1. The van der Waals surface area contributed by atoms with Crippen molar-refractivity contribution in [2.45, 2.75) is 26.2 Å². The van der Waals surface area contributed by atoms with Crippen LogP contribution >= 0.6 is 11.6 Å². The van der Waals surface area contributed by atoms with Crippen LogP contribution < -0.4 is 16.0 Å². The van der Waals surface area contributed by atoms with Crippen LogP contribution in [-0.2, 0) is 11.2 Å². The maximum atomic E-state index is 11.2. The first-order chi connectivity index (χ1) is 17.9. The molecule has 0 atom stereocenters. The molecule has 3 aromatic rings. The zero-order valence-electron chi connectivity index (χ0n) is 21.3. The lowest BCUT2D eigenvalue weighted by Crippen LogP contribution is -2.36. The number of carbonyl (C=O) groups is 1. The first-order valence-corrected chi connectivity index (χ1v) is 13.2. The predicted molar refractivity (Wildman–Crippen MR) is 152 cm³/mol. The predicted octanol–water partition coefficient (Wildman–Crippen LogP) is 5.23. The van der Waals surface area contributed by atoms with Gasteiger partial charge in [-0.05, 0) is 56.0 Å². The molecule has 3 N–H and O–H groups in total. The van der Waals surface area contributed by atoms with Gasteiger partial charge in [0, 0.05) is 48.9 Å². The standard InChI is InChI=1S/C29H35ClN6O/c1-21(20-36-16-12-24(13-17-36)18-23-8-10-26(30)11-9-23)33-28-19-27(32-15-14-31-22(2)37)34-29(35-28)25-6-4-3-5-7-25/h3-11,19,24H,1,12-18,20H2,2H3,(H,31,37)(H2,32,33,34,35). The number of halogens is 1. The van der Waals surface area contributed by atoms with Crippen molar-refractivity contribution in [3.05, 3.63) is 83.5 Å². The van der Waals surface area contributed by atoms with Gasteiger partial charge in [-0.1, -0.05) is 60.6 Å². The van der Waals surface area contributed by atoms with Crippen molar-refractivity contribution in [2.24, 2.45) is 5.92 Å². The van der Waals surface area contributed by atoms with Crippen molar-refractivity contribution in [3.63, 3.8) is 0 Å². The van der Waals surface area contributed by atoms with Crippen LogP contribution in [0.15, 0.2) is 72.9 Å². The molecule has 0 saturated carbocycles. The van der Waals surface area contributed by atoms with Gasteiger partial charge in [-0.15, -0.1) is 0 Å². The van der Waals surface area contributed by atoms with Gasteiger partial charge in [0.2, 0.25) is 5.91 Å². The molecular formula is C29H35ClN6O. The first kappa shape index (κ1) is 26.6. The van der Waals surface area contributed by atoms with E-state index in [0.29, 0.717) is 36.5 Å². The third-order valence-electron chi connectivity index (χ3n) is 6.43. The summed E-state index contributed by atoms with van der Waals surface area (Å²) in [5.74, 6) is 2.65. The number of piperidine rings is 1. The Bertz CT molecular complexity index is 1180. The highest BCUT2D eigenvalue weighted by Gasteiger charge is 2.20. The minimum atomic E-state index is -0.0536. The van der Waals surface area contributed by atoms with E-state index in [9.17, 15) is 4.79 Å². The van der Waals surface area contributed by atoms with Gasteiger partial charge in [-0.3, -0.25) is 9.69 Å². The summed E-state index contributed by atoms with van der Waals surface area (Å²) in [6.07, 6.45) is 3.44. The van der Waals surface area contributed by atoms with E-state index in [4.69, 9.17) is 16.6 Å². The molecular weight excluding hydrogens is 484 g/mol. The second-order valence-corrected chi connectivity index (χ2v) is 9.95. The number of amides is 1. The molecule has 0 radical (unpaired) electrons. The number of anilines is 2. The van der Waals surface area contributed by atoms with E-state index < -0.39 is 0 Å². The second-order valence-electron chi connectivity index (χ2n) is 9.52. The van der Waals surface area contributed by atoms with Crippen molar-refractivity contribution < 1.29 is 4.79 Å². The average Bonchev–Trinajstić information content (AvgIpc) is 2.89. The normalized spacial score (nSPS) is 14.2. The number of aromatic nitrogens is 2. The lowest BCUT2D eigenvalue weighted by atomic mass is 9.90. The molecule has 1 amide bonds. The van der Waals surface area contributed by atoms with Gasteiger partial charge in [0.25, 0.3) is 0 Å². The third kappa shape index (κ3) is 8.58. The van der Waals surface area contributed by atoms with Gasteiger partial charge in [0.05, 0.1) is 0 Å². The minimum Gasteiger partial charge on any atom is -0.368 e. The highest BCUT2D eigenvalue weighted by molar-refractivity contribution is 6.30. The van der Waals surface area contributed by atoms with Crippen LogP contribution in [-0.4, -0.2) is 53.5 Å². The van der Waals surface area contributed by atoms with E-state index in [0.717, 1.165) is 42.3 Å². The molecule has 37 heavy (non-hydrogen) atoms. The lowest BCUT2D eigenvalue weighted by Gasteiger charge is -2.32. The Hall–Kier alpha value is -3.42. The van der Waals surface area contributed by atoms with Crippen molar-refractivity contribution in [2.75, 3.05) is 43.4 Å². The summed E-state index contributed by atoms with van der Waals surface area (Å²) in [5.41, 5.74) is 3.19. The zero-order valence-corrected chi connectivity index (χ0v) is 22.1.